The molecule has 4 N–H and O–H groups in total. The second-order valence-corrected chi connectivity index (χ2v) is 10.1. The Labute approximate surface area is 228 Å². The lowest BCUT2D eigenvalue weighted by Gasteiger charge is -2.23. The number of aliphatic hydroxyl groups excluding tert-OH is 1. The summed E-state index contributed by atoms with van der Waals surface area (Å²) in [6.07, 6.45) is 8.78. The number of cyclic esters (lactones) is 1. The molecule has 0 saturated carbocycles. The predicted octanol–water partition coefficient (Wildman–Crippen LogP) is 3.59. The molecule has 2 amide bonds. The van der Waals surface area contributed by atoms with Crippen LogP contribution in [0.5, 0.6) is 0 Å². The van der Waals surface area contributed by atoms with E-state index in [2.05, 4.69) is 15.6 Å². The third kappa shape index (κ3) is 8.55. The maximum Gasteiger partial charge on any atom is 0.305 e. The van der Waals surface area contributed by atoms with Crippen LogP contribution in [0.4, 0.5) is 0 Å². The number of hydrogen-bond acceptors (Lipinski definition) is 5. The second-order valence-electron chi connectivity index (χ2n) is 10.1. The number of fused-ring (bicyclic) bond motifs is 1. The fourth-order valence-corrected chi connectivity index (χ4v) is 4.90. The van der Waals surface area contributed by atoms with Gasteiger partial charge in [0, 0.05) is 29.9 Å². The molecular weight excluding hydrogens is 494 g/mol. The molecule has 0 fully saturated rings. The Hall–Kier alpha value is -3.91. The van der Waals surface area contributed by atoms with Crippen LogP contribution < -0.4 is 10.6 Å². The Bertz CT molecular complexity index is 1270. The number of aromatic nitrogens is 1. The standard InChI is InChI=1S/C31H37N3O5/c35-20-25(16-22-10-4-3-5-11-22)33-29(36)18-23-12-6-1-2-7-15-30(37)39-21-26(34-31(23)38)17-24-19-32-28-14-9-8-13-27(24)28/h1,3-6,8-11,13-14,19,23,25-26,32,35H,2,7,12,15-18,20-21H2,(H,33,36)(H,34,38). The molecule has 2 heterocycles. The second kappa shape index (κ2) is 14.3. The molecule has 0 spiro atoms. The lowest BCUT2D eigenvalue weighted by Crippen LogP contribution is -2.45. The molecule has 8 nitrogen and oxygen atoms in total. The van der Waals surface area contributed by atoms with Crippen LogP contribution >= 0.6 is 0 Å². The number of carbonyl (C=O) groups is 3. The van der Waals surface area contributed by atoms with Crippen LogP contribution in [0.25, 0.3) is 10.9 Å². The Morgan fingerprint density at radius 2 is 1.87 bits per heavy atom. The summed E-state index contributed by atoms with van der Waals surface area (Å²) in [5.41, 5.74) is 3.01. The van der Waals surface area contributed by atoms with E-state index in [1.54, 1.807) is 0 Å². The number of nitrogens with one attached hydrogen (secondary N) is 3. The monoisotopic (exact) mass is 531 g/mol. The number of amides is 2. The van der Waals surface area contributed by atoms with E-state index in [0.717, 1.165) is 22.0 Å². The normalized spacial score (nSPS) is 19.7. The number of aromatic amines is 1. The predicted molar refractivity (Wildman–Crippen MR) is 150 cm³/mol. The zero-order valence-electron chi connectivity index (χ0n) is 22.1. The molecule has 4 rings (SSSR count). The molecule has 3 unspecified atom stereocenters. The van der Waals surface area contributed by atoms with Crippen LogP contribution in [0, 0.1) is 5.92 Å². The summed E-state index contributed by atoms with van der Waals surface area (Å²) in [5, 5.41) is 16.8. The molecule has 1 aromatic heterocycles. The summed E-state index contributed by atoms with van der Waals surface area (Å²) >= 11 is 0. The number of para-hydroxylation sites is 1. The third-order valence-electron chi connectivity index (χ3n) is 6.99. The first-order valence-electron chi connectivity index (χ1n) is 13.6. The van der Waals surface area contributed by atoms with E-state index < -0.39 is 18.0 Å². The van der Waals surface area contributed by atoms with Gasteiger partial charge in [-0.1, -0.05) is 60.7 Å². The van der Waals surface area contributed by atoms with Gasteiger partial charge in [-0.25, -0.2) is 0 Å². The first-order valence-corrected chi connectivity index (χ1v) is 13.6. The topological polar surface area (TPSA) is 121 Å². The van der Waals surface area contributed by atoms with Gasteiger partial charge in [0.05, 0.1) is 24.6 Å². The summed E-state index contributed by atoms with van der Waals surface area (Å²) in [4.78, 5) is 41.9. The molecular formula is C31H37N3O5. The minimum absolute atomic E-state index is 0.0128. The number of ether oxygens (including phenoxy) is 1. The highest BCUT2D eigenvalue weighted by Gasteiger charge is 2.26. The zero-order chi connectivity index (χ0) is 27.5. The van der Waals surface area contributed by atoms with Crippen molar-refractivity contribution in [2.45, 2.75) is 57.0 Å². The number of allylic oxidation sites excluding steroid dienone is 2. The third-order valence-corrected chi connectivity index (χ3v) is 6.99. The van der Waals surface area contributed by atoms with Crippen molar-refractivity contribution >= 4 is 28.7 Å². The summed E-state index contributed by atoms with van der Waals surface area (Å²) in [6.45, 7) is -0.143. The van der Waals surface area contributed by atoms with Gasteiger partial charge < -0.3 is 25.5 Å². The van der Waals surface area contributed by atoms with Gasteiger partial charge in [-0.2, -0.15) is 0 Å². The zero-order valence-corrected chi connectivity index (χ0v) is 22.1. The van der Waals surface area contributed by atoms with E-state index in [1.165, 1.54) is 0 Å². The average molecular weight is 532 g/mol. The molecule has 8 heteroatoms. The summed E-state index contributed by atoms with van der Waals surface area (Å²) in [7, 11) is 0. The Morgan fingerprint density at radius 3 is 2.69 bits per heavy atom. The van der Waals surface area contributed by atoms with E-state index in [4.69, 9.17) is 4.74 Å². The van der Waals surface area contributed by atoms with E-state index >= 15 is 0 Å². The molecule has 3 aromatic rings. The fraction of sp³-hybridized carbons (Fsp3) is 0.387. The number of esters is 1. The minimum atomic E-state index is -0.598. The van der Waals surface area contributed by atoms with Crippen molar-refractivity contribution in [1.82, 2.24) is 15.6 Å². The fourth-order valence-electron chi connectivity index (χ4n) is 4.90. The summed E-state index contributed by atoms with van der Waals surface area (Å²) in [5.74, 6) is -1.44. The van der Waals surface area contributed by atoms with Crippen LogP contribution in [0.1, 0.15) is 43.2 Å². The molecule has 3 atom stereocenters. The minimum Gasteiger partial charge on any atom is -0.463 e. The average Bonchev–Trinajstić information content (AvgIpc) is 3.35. The largest absolute Gasteiger partial charge is 0.463 e. The van der Waals surface area contributed by atoms with Crippen molar-refractivity contribution in [3.8, 4) is 0 Å². The van der Waals surface area contributed by atoms with Gasteiger partial charge in [0.15, 0.2) is 0 Å². The van der Waals surface area contributed by atoms with Crippen LogP contribution in [0.2, 0.25) is 0 Å². The van der Waals surface area contributed by atoms with Crippen molar-refractivity contribution < 1.29 is 24.2 Å². The Morgan fingerprint density at radius 1 is 1.08 bits per heavy atom. The molecule has 0 bridgehead atoms. The van der Waals surface area contributed by atoms with Gasteiger partial charge in [-0.05, 0) is 49.3 Å². The quantitative estimate of drug-likeness (QED) is 0.262. The maximum absolute atomic E-state index is 13.5. The first kappa shape index (κ1) is 28.1. The Balaban J connectivity index is 1.45. The van der Waals surface area contributed by atoms with Crippen molar-refractivity contribution in [3.63, 3.8) is 0 Å². The first-order chi connectivity index (χ1) is 19.0. The van der Waals surface area contributed by atoms with Crippen molar-refractivity contribution in [2.24, 2.45) is 5.92 Å². The number of carbonyl (C=O) groups excluding carboxylic acids is 3. The van der Waals surface area contributed by atoms with Crippen molar-refractivity contribution in [1.29, 1.82) is 0 Å². The number of aliphatic hydroxyl groups is 1. The van der Waals surface area contributed by atoms with E-state index in [-0.39, 0.29) is 37.4 Å². The highest BCUT2D eigenvalue weighted by Crippen LogP contribution is 2.20. The molecule has 1 aliphatic rings. The Kier molecular flexibility index (Phi) is 10.3. The van der Waals surface area contributed by atoms with Crippen LogP contribution in [-0.2, 0) is 32.0 Å². The molecule has 0 saturated heterocycles. The number of rotatable bonds is 8. The van der Waals surface area contributed by atoms with E-state index in [0.29, 0.717) is 38.5 Å². The lowest BCUT2D eigenvalue weighted by atomic mass is 9.97. The van der Waals surface area contributed by atoms with Crippen LogP contribution in [-0.4, -0.2) is 53.2 Å². The van der Waals surface area contributed by atoms with Crippen molar-refractivity contribution in [3.05, 3.63) is 84.1 Å². The molecule has 1 aliphatic heterocycles. The maximum atomic E-state index is 13.5. The van der Waals surface area contributed by atoms with E-state index in [9.17, 15) is 19.5 Å². The van der Waals surface area contributed by atoms with Gasteiger partial charge >= 0.3 is 5.97 Å². The number of hydrogen-bond donors (Lipinski definition) is 4. The molecule has 0 aliphatic carbocycles. The molecule has 39 heavy (non-hydrogen) atoms. The SMILES string of the molecule is O=C(CC1CC=CCCCC(=O)OCC(Cc2c[nH]c3ccccc23)NC1=O)NC(CO)Cc1ccccc1. The smallest absolute Gasteiger partial charge is 0.305 e. The summed E-state index contributed by atoms with van der Waals surface area (Å²) in [6, 6.07) is 16.7. The van der Waals surface area contributed by atoms with Crippen molar-refractivity contribution in [2.75, 3.05) is 13.2 Å². The van der Waals surface area contributed by atoms with Gasteiger partial charge in [0.2, 0.25) is 11.8 Å². The van der Waals surface area contributed by atoms with Crippen LogP contribution in [0.15, 0.2) is 72.9 Å². The molecule has 0 radical (unpaired) electrons. The van der Waals surface area contributed by atoms with Gasteiger partial charge in [0.1, 0.15) is 6.61 Å². The summed E-state index contributed by atoms with van der Waals surface area (Å²) < 4.78 is 5.52. The highest BCUT2D eigenvalue weighted by atomic mass is 16.5. The number of benzene rings is 2. The van der Waals surface area contributed by atoms with Crippen LogP contribution in [0.3, 0.4) is 0 Å². The van der Waals surface area contributed by atoms with Gasteiger partial charge in [-0.15, -0.1) is 0 Å². The van der Waals surface area contributed by atoms with Gasteiger partial charge in [-0.3, -0.25) is 14.4 Å². The molecule has 206 valence electrons. The lowest BCUT2D eigenvalue weighted by molar-refractivity contribution is -0.145. The van der Waals surface area contributed by atoms with E-state index in [1.807, 2.05) is 72.9 Å². The highest BCUT2D eigenvalue weighted by molar-refractivity contribution is 5.86. The van der Waals surface area contributed by atoms with Gasteiger partial charge in [0.25, 0.3) is 0 Å². The molecule has 2 aromatic carbocycles. The number of H-pyrrole nitrogens is 1.